The van der Waals surface area contributed by atoms with E-state index in [9.17, 15) is 0 Å². The summed E-state index contributed by atoms with van der Waals surface area (Å²) in [7, 11) is 0. The zero-order chi connectivity index (χ0) is 9.72. The molecule has 0 aromatic heterocycles. The summed E-state index contributed by atoms with van der Waals surface area (Å²) in [6.45, 7) is 9.47. The summed E-state index contributed by atoms with van der Waals surface area (Å²) in [6.07, 6.45) is 1.14. The molecule has 0 aliphatic heterocycles. The molecule has 0 fully saturated rings. The Morgan fingerprint density at radius 1 is 1.42 bits per heavy atom. The Kier molecular flexibility index (Phi) is 5.42. The fourth-order valence-corrected chi connectivity index (χ4v) is 1.41. The summed E-state index contributed by atoms with van der Waals surface area (Å²) >= 11 is 4.89. The first-order valence-electron chi connectivity index (χ1n) is 4.53. The third-order valence-electron chi connectivity index (χ3n) is 2.16. The third-order valence-corrected chi connectivity index (χ3v) is 2.29. The number of hydrogen-bond acceptors (Lipinski definition) is 2. The Morgan fingerprint density at radius 2 is 1.92 bits per heavy atom. The minimum absolute atomic E-state index is 0.515. The SMILES string of the molecule is CCC(C)N(CC(N)=S)C(C)C. The van der Waals surface area contributed by atoms with Crippen LogP contribution < -0.4 is 5.73 Å². The third kappa shape index (κ3) is 4.02. The van der Waals surface area contributed by atoms with Gasteiger partial charge in [0.2, 0.25) is 0 Å². The van der Waals surface area contributed by atoms with Gasteiger partial charge in [0.05, 0.1) is 4.99 Å². The number of thiocarbonyl (C=S) groups is 1. The molecule has 3 heteroatoms. The molecule has 2 N–H and O–H groups in total. The fraction of sp³-hybridized carbons (Fsp3) is 0.889. The van der Waals surface area contributed by atoms with E-state index >= 15 is 0 Å². The predicted octanol–water partition coefficient (Wildman–Crippen LogP) is 1.78. The van der Waals surface area contributed by atoms with Crippen molar-refractivity contribution in [2.24, 2.45) is 5.73 Å². The molecule has 0 aromatic rings. The molecule has 0 aliphatic carbocycles. The summed E-state index contributed by atoms with van der Waals surface area (Å²) in [5.41, 5.74) is 5.51. The lowest BCUT2D eigenvalue weighted by Crippen LogP contribution is -2.43. The average molecular weight is 188 g/mol. The Bertz CT molecular complexity index is 145. The molecule has 0 heterocycles. The van der Waals surface area contributed by atoms with Gasteiger partial charge in [-0.25, -0.2) is 0 Å². The van der Waals surface area contributed by atoms with E-state index in [0.717, 1.165) is 13.0 Å². The minimum Gasteiger partial charge on any atom is -0.392 e. The molecule has 0 spiro atoms. The zero-order valence-corrected chi connectivity index (χ0v) is 9.32. The topological polar surface area (TPSA) is 29.3 Å². The minimum atomic E-state index is 0.515. The highest BCUT2D eigenvalue weighted by molar-refractivity contribution is 7.80. The van der Waals surface area contributed by atoms with Gasteiger partial charge in [-0.3, -0.25) is 4.90 Å². The largest absolute Gasteiger partial charge is 0.392 e. The fourth-order valence-electron chi connectivity index (χ4n) is 1.26. The van der Waals surface area contributed by atoms with Crippen LogP contribution in [-0.2, 0) is 0 Å². The van der Waals surface area contributed by atoms with Crippen LogP contribution in [0.3, 0.4) is 0 Å². The quantitative estimate of drug-likeness (QED) is 0.667. The van der Waals surface area contributed by atoms with Crippen molar-refractivity contribution in [1.82, 2.24) is 4.90 Å². The molecule has 0 rings (SSSR count). The van der Waals surface area contributed by atoms with Crippen molar-refractivity contribution >= 4 is 17.2 Å². The molecule has 2 nitrogen and oxygen atoms in total. The number of rotatable bonds is 5. The molecule has 1 unspecified atom stereocenters. The maximum Gasteiger partial charge on any atom is 0.0870 e. The van der Waals surface area contributed by atoms with E-state index in [1.165, 1.54) is 0 Å². The van der Waals surface area contributed by atoms with Crippen molar-refractivity contribution in [3.63, 3.8) is 0 Å². The summed E-state index contributed by atoms with van der Waals surface area (Å²) in [5, 5.41) is 0. The summed E-state index contributed by atoms with van der Waals surface area (Å²) in [4.78, 5) is 2.91. The Morgan fingerprint density at radius 3 is 2.17 bits per heavy atom. The van der Waals surface area contributed by atoms with Crippen LogP contribution in [0.25, 0.3) is 0 Å². The van der Waals surface area contributed by atoms with Gasteiger partial charge in [0.15, 0.2) is 0 Å². The number of hydrogen-bond donors (Lipinski definition) is 1. The second-order valence-electron chi connectivity index (χ2n) is 3.49. The lowest BCUT2D eigenvalue weighted by molar-refractivity contribution is 0.186. The molecule has 0 amide bonds. The molecule has 0 aliphatic rings. The molecule has 72 valence electrons. The van der Waals surface area contributed by atoms with E-state index in [0.29, 0.717) is 17.1 Å². The molecule has 0 saturated heterocycles. The molecular formula is C9H20N2S. The monoisotopic (exact) mass is 188 g/mol. The highest BCUT2D eigenvalue weighted by atomic mass is 32.1. The van der Waals surface area contributed by atoms with Gasteiger partial charge in [0, 0.05) is 18.6 Å². The zero-order valence-electron chi connectivity index (χ0n) is 8.50. The van der Waals surface area contributed by atoms with Crippen molar-refractivity contribution in [1.29, 1.82) is 0 Å². The van der Waals surface area contributed by atoms with Crippen molar-refractivity contribution in [2.45, 2.75) is 46.2 Å². The van der Waals surface area contributed by atoms with Crippen LogP contribution in [0, 0.1) is 0 Å². The molecule has 0 bridgehead atoms. The van der Waals surface area contributed by atoms with E-state index in [-0.39, 0.29) is 0 Å². The Balaban J connectivity index is 4.12. The summed E-state index contributed by atoms with van der Waals surface area (Å²) in [5.74, 6) is 0. The molecule has 0 saturated carbocycles. The Hall–Kier alpha value is -0.150. The van der Waals surface area contributed by atoms with Gasteiger partial charge in [-0.2, -0.15) is 0 Å². The standard InChI is InChI=1S/C9H20N2S/c1-5-8(4)11(7(2)3)6-9(10)12/h7-8H,5-6H2,1-4H3,(H2,10,12). The molecular weight excluding hydrogens is 168 g/mol. The van der Waals surface area contributed by atoms with Gasteiger partial charge in [-0.15, -0.1) is 0 Å². The normalized spacial score (nSPS) is 13.8. The number of nitrogens with zero attached hydrogens (tertiary/aromatic N) is 1. The molecule has 12 heavy (non-hydrogen) atoms. The van der Waals surface area contributed by atoms with Crippen LogP contribution in [0.1, 0.15) is 34.1 Å². The van der Waals surface area contributed by atoms with Gasteiger partial charge in [-0.1, -0.05) is 19.1 Å². The van der Waals surface area contributed by atoms with Crippen LogP contribution in [-0.4, -0.2) is 28.5 Å². The molecule has 0 radical (unpaired) electrons. The summed E-state index contributed by atoms with van der Waals surface area (Å²) in [6, 6.07) is 1.08. The van der Waals surface area contributed by atoms with Gasteiger partial charge in [-0.05, 0) is 27.2 Å². The van der Waals surface area contributed by atoms with Crippen molar-refractivity contribution in [3.8, 4) is 0 Å². The van der Waals surface area contributed by atoms with Gasteiger partial charge in [0.1, 0.15) is 0 Å². The van der Waals surface area contributed by atoms with E-state index in [4.69, 9.17) is 18.0 Å². The molecule has 1 atom stereocenters. The van der Waals surface area contributed by atoms with Gasteiger partial charge in [0.25, 0.3) is 0 Å². The lowest BCUT2D eigenvalue weighted by Gasteiger charge is -2.31. The van der Waals surface area contributed by atoms with E-state index in [1.807, 2.05) is 0 Å². The maximum atomic E-state index is 5.51. The highest BCUT2D eigenvalue weighted by Crippen LogP contribution is 2.07. The lowest BCUT2D eigenvalue weighted by atomic mass is 10.2. The van der Waals surface area contributed by atoms with Crippen LogP contribution in [0.15, 0.2) is 0 Å². The second kappa shape index (κ2) is 5.49. The summed E-state index contributed by atoms with van der Waals surface area (Å²) < 4.78 is 0. The smallest absolute Gasteiger partial charge is 0.0870 e. The Labute approximate surface area is 81.1 Å². The second-order valence-corrected chi connectivity index (χ2v) is 4.01. The van der Waals surface area contributed by atoms with E-state index in [2.05, 4.69) is 32.6 Å². The van der Waals surface area contributed by atoms with Crippen molar-refractivity contribution < 1.29 is 0 Å². The van der Waals surface area contributed by atoms with Crippen LogP contribution in [0.2, 0.25) is 0 Å². The molecule has 0 aromatic carbocycles. The highest BCUT2D eigenvalue weighted by Gasteiger charge is 2.15. The van der Waals surface area contributed by atoms with Gasteiger partial charge >= 0.3 is 0 Å². The maximum absolute atomic E-state index is 5.51. The first-order valence-corrected chi connectivity index (χ1v) is 4.93. The van der Waals surface area contributed by atoms with Crippen molar-refractivity contribution in [2.75, 3.05) is 6.54 Å². The van der Waals surface area contributed by atoms with E-state index < -0.39 is 0 Å². The average Bonchev–Trinajstić information content (AvgIpc) is 1.98. The first kappa shape index (κ1) is 11.8. The van der Waals surface area contributed by atoms with Crippen LogP contribution in [0.5, 0.6) is 0 Å². The van der Waals surface area contributed by atoms with E-state index in [1.54, 1.807) is 0 Å². The predicted molar refractivity (Wildman–Crippen MR) is 58.4 cm³/mol. The first-order chi connectivity index (χ1) is 5.49. The van der Waals surface area contributed by atoms with Crippen LogP contribution >= 0.6 is 12.2 Å². The van der Waals surface area contributed by atoms with Crippen molar-refractivity contribution in [3.05, 3.63) is 0 Å². The van der Waals surface area contributed by atoms with Crippen LogP contribution in [0.4, 0.5) is 0 Å². The number of nitrogens with two attached hydrogens (primary N) is 1. The van der Waals surface area contributed by atoms with Gasteiger partial charge < -0.3 is 5.73 Å².